The van der Waals surface area contributed by atoms with Crippen molar-refractivity contribution < 1.29 is 80.2 Å². The van der Waals surface area contributed by atoms with Crippen LogP contribution in [0.15, 0.2) is 207 Å². The maximum absolute atomic E-state index is 13.1. The maximum Gasteiger partial charge on any atom is 0.472 e. The molecule has 0 bridgehead atoms. The Morgan fingerprint density at radius 2 is 0.455 bits per heavy atom. The number of allylic oxidation sites excluding steroid dienone is 34. The largest absolute Gasteiger partial charge is 0.472 e. The molecule has 112 heavy (non-hydrogen) atoms. The number of unbranched alkanes of at least 4 members (excludes halogenated alkanes) is 17. The zero-order valence-electron chi connectivity index (χ0n) is 69.3. The van der Waals surface area contributed by atoms with Crippen LogP contribution in [0.3, 0.4) is 0 Å². The van der Waals surface area contributed by atoms with Crippen molar-refractivity contribution in [3.8, 4) is 0 Å². The molecule has 19 heteroatoms. The zero-order valence-corrected chi connectivity index (χ0v) is 71.0. The van der Waals surface area contributed by atoms with Gasteiger partial charge in [0.25, 0.3) is 0 Å². The summed E-state index contributed by atoms with van der Waals surface area (Å²) in [5.74, 6) is -2.50. The smallest absolute Gasteiger partial charge is 0.462 e. The molecule has 0 heterocycles. The fourth-order valence-corrected chi connectivity index (χ4v) is 11.8. The van der Waals surface area contributed by atoms with E-state index in [0.717, 1.165) is 122 Å². The molecule has 0 radical (unpaired) electrons. The number of esters is 4. The van der Waals surface area contributed by atoms with Crippen LogP contribution in [0.4, 0.5) is 0 Å². The first-order valence-electron chi connectivity index (χ1n) is 42.3. The monoisotopic (exact) mass is 1600 g/mol. The van der Waals surface area contributed by atoms with Crippen LogP contribution in [0, 0.1) is 0 Å². The van der Waals surface area contributed by atoms with Crippen LogP contribution in [0.25, 0.3) is 0 Å². The normalized spacial score (nSPS) is 14.8. The summed E-state index contributed by atoms with van der Waals surface area (Å²) in [6.45, 7) is 4.47. The van der Waals surface area contributed by atoms with Gasteiger partial charge in [0.2, 0.25) is 0 Å². The fourth-order valence-electron chi connectivity index (χ4n) is 10.3. The lowest BCUT2D eigenvalue weighted by Crippen LogP contribution is -2.30. The topological polar surface area (TPSA) is 237 Å². The second-order valence-corrected chi connectivity index (χ2v) is 30.3. The summed E-state index contributed by atoms with van der Waals surface area (Å²) in [6.07, 6.45) is 104. The summed E-state index contributed by atoms with van der Waals surface area (Å²) < 4.78 is 68.5. The predicted molar refractivity (Wildman–Crippen MR) is 463 cm³/mol. The van der Waals surface area contributed by atoms with Crippen molar-refractivity contribution >= 4 is 39.5 Å². The Kier molecular flexibility index (Phi) is 77.9. The Balaban J connectivity index is 5.61. The van der Waals surface area contributed by atoms with E-state index in [4.69, 9.17) is 37.0 Å². The molecule has 632 valence electrons. The first-order valence-corrected chi connectivity index (χ1v) is 45.3. The summed E-state index contributed by atoms with van der Waals surface area (Å²) in [5, 5.41) is 10.7. The van der Waals surface area contributed by atoms with Gasteiger partial charge in [0.05, 0.1) is 26.4 Å². The number of phosphoric ester groups is 2. The standard InChI is InChI=1S/C93H148O17P2/c1-5-9-13-17-21-25-29-33-37-40-43-46-50-53-57-61-65-69-73-77-90(95)103-83-88(109-92(97)79-75-71-67-63-59-55-49-36-32-28-24-20-16-12-8-4)85-107-111(99,100)105-81-87(94)82-106-112(101,102)108-86-89(110-93(98)80-76-72-68-64-60-56-52-48-45-42-39-35-31-27-23-19-15-11-7-3)84-104-91(96)78-74-70-66-62-58-54-51-47-44-41-38-34-30-26-22-18-14-10-6-2/h21-28,33-39,43-49,53-54,56-58,60,65-66,68-70,72,87-89,94H,5-20,29-32,40-42,50-52,55,59,61-64,67,71,73-86H2,1-4H3,(H,99,100)(H,101,102)/b25-21-,26-22-,27-23-,28-24-,37-33-,38-34-,39-35-,46-43-,47-44-,48-45-,49-36-,57-53-,58-54-,60-56-,69-65-,70-66-,72-68-/t87-,88+,89+/m0/s1. The lowest BCUT2D eigenvalue weighted by atomic mass is 10.1. The number of hydrogen-bond donors (Lipinski definition) is 3. The highest BCUT2D eigenvalue weighted by atomic mass is 31.2. The quantitative estimate of drug-likeness (QED) is 0.0169. The summed E-state index contributed by atoms with van der Waals surface area (Å²) in [7, 11) is -10.1. The molecule has 0 saturated carbocycles. The Hall–Kier alpha value is -6.36. The molecule has 0 fully saturated rings. The first-order chi connectivity index (χ1) is 54.7. The number of hydrogen-bond acceptors (Lipinski definition) is 15. The van der Waals surface area contributed by atoms with E-state index in [2.05, 4.69) is 180 Å². The molecule has 0 rings (SSSR count). The second-order valence-electron chi connectivity index (χ2n) is 27.3. The first kappa shape index (κ1) is 106. The van der Waals surface area contributed by atoms with Gasteiger partial charge in [-0.2, -0.15) is 0 Å². The van der Waals surface area contributed by atoms with Gasteiger partial charge in [-0.15, -0.1) is 0 Å². The SMILES string of the molecule is CCCCC/C=C\C/C=C\C/C=C\C/C=C\C/C=C\CCC(=O)OC[C@H](COP(=O)(O)OC[C@@H](O)COP(=O)(O)OC[C@@H](COC(=O)CC/C=C\C/C=C\C/C=C\C/C=C\C/C=C\CCCCC)OC(=O)CCCCCCC/C=C\C/C=C\CCCCC)OC(=O)CC/C=C\C/C=C\C/C=C\C/C=C\C/C=C\CCCCC. The van der Waals surface area contributed by atoms with E-state index in [1.807, 2.05) is 54.7 Å². The molecule has 5 atom stereocenters. The minimum Gasteiger partial charge on any atom is -0.462 e. The van der Waals surface area contributed by atoms with Gasteiger partial charge in [0.1, 0.15) is 19.3 Å². The Labute approximate surface area is 678 Å². The summed E-state index contributed by atoms with van der Waals surface area (Å²) >= 11 is 0. The molecule has 17 nitrogen and oxygen atoms in total. The number of phosphoric acid groups is 2. The third-order valence-electron chi connectivity index (χ3n) is 16.7. The minimum atomic E-state index is -5.03. The molecule has 0 aromatic rings. The average Bonchev–Trinajstić information content (AvgIpc) is 0.898. The van der Waals surface area contributed by atoms with Crippen LogP contribution in [-0.2, 0) is 65.4 Å². The highest BCUT2D eigenvalue weighted by Crippen LogP contribution is 2.45. The van der Waals surface area contributed by atoms with E-state index in [0.29, 0.717) is 44.9 Å². The van der Waals surface area contributed by atoms with Crippen molar-refractivity contribution in [2.75, 3.05) is 39.6 Å². The van der Waals surface area contributed by atoms with Gasteiger partial charge in [-0.25, -0.2) is 9.13 Å². The summed E-state index contributed by atoms with van der Waals surface area (Å²) in [5.41, 5.74) is 0. The van der Waals surface area contributed by atoms with E-state index in [1.165, 1.54) is 77.0 Å². The van der Waals surface area contributed by atoms with Gasteiger partial charge in [0, 0.05) is 25.7 Å². The molecule has 0 aromatic heterocycles. The number of aliphatic hydroxyl groups excluding tert-OH is 1. The lowest BCUT2D eigenvalue weighted by molar-refractivity contribution is -0.161. The van der Waals surface area contributed by atoms with Crippen LogP contribution >= 0.6 is 15.6 Å². The van der Waals surface area contributed by atoms with Gasteiger partial charge in [-0.1, -0.05) is 305 Å². The van der Waals surface area contributed by atoms with Crippen molar-refractivity contribution in [2.24, 2.45) is 0 Å². The Bertz CT molecular complexity index is 2940. The molecule has 0 aliphatic carbocycles. The highest BCUT2D eigenvalue weighted by molar-refractivity contribution is 7.47. The van der Waals surface area contributed by atoms with Crippen LogP contribution in [0.1, 0.15) is 297 Å². The molecule has 0 aliphatic heterocycles. The molecule has 3 N–H and O–H groups in total. The summed E-state index contributed by atoms with van der Waals surface area (Å²) in [6, 6.07) is 0. The van der Waals surface area contributed by atoms with E-state index in [9.17, 15) is 43.2 Å². The van der Waals surface area contributed by atoms with Crippen LogP contribution in [0.2, 0.25) is 0 Å². The van der Waals surface area contributed by atoms with Crippen LogP contribution in [-0.4, -0.2) is 96.7 Å². The average molecular weight is 1600 g/mol. The number of aliphatic hydroxyl groups is 1. The fraction of sp³-hybridized carbons (Fsp3) is 0.591. The molecule has 0 aromatic carbocycles. The molecular formula is C93H148O17P2. The van der Waals surface area contributed by atoms with Gasteiger partial charge in [0.15, 0.2) is 12.2 Å². The van der Waals surface area contributed by atoms with Gasteiger partial charge in [-0.3, -0.25) is 37.3 Å². The molecule has 2 unspecified atom stereocenters. The lowest BCUT2D eigenvalue weighted by Gasteiger charge is -2.21. The maximum atomic E-state index is 13.1. The number of carbonyl (C=O) groups is 4. The van der Waals surface area contributed by atoms with Crippen molar-refractivity contribution in [3.63, 3.8) is 0 Å². The molecule has 0 saturated heterocycles. The molecule has 0 spiro atoms. The predicted octanol–water partition coefficient (Wildman–Crippen LogP) is 25.4. The molecule has 0 aliphatic rings. The van der Waals surface area contributed by atoms with Crippen molar-refractivity contribution in [1.29, 1.82) is 0 Å². The second kappa shape index (κ2) is 82.6. The minimum absolute atomic E-state index is 0.0123. The van der Waals surface area contributed by atoms with Gasteiger partial charge < -0.3 is 33.8 Å². The van der Waals surface area contributed by atoms with Gasteiger partial charge >= 0.3 is 39.5 Å². The third kappa shape index (κ3) is 81.6. The highest BCUT2D eigenvalue weighted by Gasteiger charge is 2.30. The van der Waals surface area contributed by atoms with Crippen molar-refractivity contribution in [3.05, 3.63) is 207 Å². The molecule has 0 amide bonds. The number of ether oxygens (including phenoxy) is 4. The third-order valence-corrected chi connectivity index (χ3v) is 18.6. The zero-order chi connectivity index (χ0) is 81.7. The van der Waals surface area contributed by atoms with Gasteiger partial charge in [-0.05, 0) is 173 Å². The Morgan fingerprint density at radius 1 is 0.250 bits per heavy atom. The Morgan fingerprint density at radius 3 is 0.723 bits per heavy atom. The molecular weight excluding hydrogens is 1450 g/mol. The van der Waals surface area contributed by atoms with Crippen LogP contribution in [0.5, 0.6) is 0 Å². The van der Waals surface area contributed by atoms with Crippen molar-refractivity contribution in [1.82, 2.24) is 0 Å². The van der Waals surface area contributed by atoms with Crippen LogP contribution < -0.4 is 0 Å². The number of carbonyl (C=O) groups excluding carboxylic acids is 4. The summed E-state index contributed by atoms with van der Waals surface area (Å²) in [4.78, 5) is 73.1. The van der Waals surface area contributed by atoms with E-state index < -0.39 is 97.5 Å². The van der Waals surface area contributed by atoms with Crippen molar-refractivity contribution in [2.45, 2.75) is 316 Å². The van der Waals surface area contributed by atoms with E-state index in [1.54, 1.807) is 0 Å². The number of rotatable bonds is 77. The van der Waals surface area contributed by atoms with E-state index >= 15 is 0 Å². The van der Waals surface area contributed by atoms with E-state index in [-0.39, 0.29) is 25.7 Å².